The number of anilines is 1. The molecule has 5 rings (SSSR count). The second-order valence-electron chi connectivity index (χ2n) is 8.25. The minimum Gasteiger partial charge on any atom is -0.489 e. The first-order chi connectivity index (χ1) is 16.2. The highest BCUT2D eigenvalue weighted by molar-refractivity contribution is 6.07. The van der Waals surface area contributed by atoms with Gasteiger partial charge in [0, 0.05) is 36.9 Å². The van der Waals surface area contributed by atoms with Crippen molar-refractivity contribution in [1.82, 2.24) is 15.3 Å². The number of amides is 1. The topological polar surface area (TPSA) is 80.5 Å². The Labute approximate surface area is 192 Å². The first kappa shape index (κ1) is 21.0. The Morgan fingerprint density at radius 3 is 2.61 bits per heavy atom. The van der Waals surface area contributed by atoms with Gasteiger partial charge in [-0.1, -0.05) is 30.3 Å². The summed E-state index contributed by atoms with van der Waals surface area (Å²) in [5.41, 5.74) is 2.34. The summed E-state index contributed by atoms with van der Waals surface area (Å²) in [4.78, 5) is 24.0. The summed E-state index contributed by atoms with van der Waals surface area (Å²) < 4.78 is 11.8. The molecule has 33 heavy (non-hydrogen) atoms. The van der Waals surface area contributed by atoms with Gasteiger partial charge in [-0.3, -0.25) is 4.79 Å². The number of fused-ring (bicyclic) bond motifs is 1. The summed E-state index contributed by atoms with van der Waals surface area (Å²) in [5.74, 6) is 1.94. The van der Waals surface area contributed by atoms with Crippen molar-refractivity contribution < 1.29 is 13.9 Å². The molecule has 3 heterocycles. The zero-order chi connectivity index (χ0) is 22.6. The average molecular weight is 443 g/mol. The molecule has 0 saturated carbocycles. The van der Waals surface area contributed by atoms with Crippen LogP contribution >= 0.6 is 0 Å². The van der Waals surface area contributed by atoms with Crippen LogP contribution in [-0.2, 0) is 6.61 Å². The fourth-order valence-electron chi connectivity index (χ4n) is 4.25. The number of nitrogens with zero attached hydrogens (tertiary/aromatic N) is 3. The summed E-state index contributed by atoms with van der Waals surface area (Å²) in [5, 5.41) is 3.97. The van der Waals surface area contributed by atoms with Crippen LogP contribution in [-0.4, -0.2) is 35.0 Å². The first-order valence-electron chi connectivity index (χ1n) is 11.2. The third-order valence-corrected chi connectivity index (χ3v) is 5.98. The molecular formula is C26H26N4O3. The third-order valence-electron chi connectivity index (χ3n) is 5.98. The van der Waals surface area contributed by atoms with E-state index in [9.17, 15) is 4.79 Å². The Kier molecular flexibility index (Phi) is 5.93. The summed E-state index contributed by atoms with van der Waals surface area (Å²) >= 11 is 0. The van der Waals surface area contributed by atoms with Crippen molar-refractivity contribution in [2.75, 3.05) is 18.0 Å². The molecule has 0 aliphatic carbocycles. The van der Waals surface area contributed by atoms with Crippen molar-refractivity contribution in [3.8, 4) is 5.75 Å². The number of furan rings is 1. The molecule has 0 atom stereocenters. The van der Waals surface area contributed by atoms with Crippen molar-refractivity contribution in [2.24, 2.45) is 0 Å². The zero-order valence-corrected chi connectivity index (χ0v) is 18.5. The molecule has 1 saturated heterocycles. The summed E-state index contributed by atoms with van der Waals surface area (Å²) in [6.07, 6.45) is 5.18. The number of carbonyl (C=O) groups is 1. The highest BCUT2D eigenvalue weighted by Gasteiger charge is 2.25. The van der Waals surface area contributed by atoms with Crippen molar-refractivity contribution in [2.45, 2.75) is 32.4 Å². The minimum atomic E-state index is -0.110. The SMILES string of the molecule is Cc1oc2ccc(OCc3ccccc3)cc2c1C(=O)NC1CCN(c2ncccn2)CC1. The van der Waals surface area contributed by atoms with E-state index in [1.54, 1.807) is 12.4 Å². The van der Waals surface area contributed by atoms with Crippen LogP contribution in [0.3, 0.4) is 0 Å². The molecule has 0 bridgehead atoms. The molecule has 4 aromatic rings. The Morgan fingerprint density at radius 2 is 1.85 bits per heavy atom. The maximum atomic E-state index is 13.2. The van der Waals surface area contributed by atoms with Gasteiger partial charge in [0.25, 0.3) is 5.91 Å². The number of ether oxygens (including phenoxy) is 1. The van der Waals surface area contributed by atoms with Crippen LogP contribution in [0.1, 0.15) is 34.5 Å². The van der Waals surface area contributed by atoms with E-state index in [-0.39, 0.29) is 11.9 Å². The van der Waals surface area contributed by atoms with Gasteiger partial charge in [-0.25, -0.2) is 9.97 Å². The van der Waals surface area contributed by atoms with Crippen molar-refractivity contribution in [3.05, 3.63) is 83.9 Å². The molecule has 0 unspecified atom stereocenters. The van der Waals surface area contributed by atoms with E-state index in [0.29, 0.717) is 29.3 Å². The van der Waals surface area contributed by atoms with E-state index in [1.807, 2.05) is 61.5 Å². The minimum absolute atomic E-state index is 0.0966. The van der Waals surface area contributed by atoms with Gasteiger partial charge in [0.2, 0.25) is 5.95 Å². The van der Waals surface area contributed by atoms with E-state index in [0.717, 1.165) is 42.8 Å². The maximum absolute atomic E-state index is 13.2. The van der Waals surface area contributed by atoms with Gasteiger partial charge in [-0.05, 0) is 49.6 Å². The number of carbonyl (C=O) groups excluding carboxylic acids is 1. The Bertz CT molecular complexity index is 1230. The smallest absolute Gasteiger partial charge is 0.255 e. The van der Waals surface area contributed by atoms with Crippen molar-refractivity contribution in [1.29, 1.82) is 0 Å². The standard InChI is InChI=1S/C26H26N4O3/c1-18-24(25(31)29-20-10-14-30(15-11-20)26-27-12-5-13-28-26)22-16-21(8-9-23(22)33-18)32-17-19-6-3-2-4-7-19/h2-9,12-13,16,20H,10-11,14-15,17H2,1H3,(H,29,31). The van der Waals surface area contributed by atoms with Gasteiger partial charge in [-0.15, -0.1) is 0 Å². The molecule has 2 aromatic heterocycles. The lowest BCUT2D eigenvalue weighted by Gasteiger charge is -2.32. The van der Waals surface area contributed by atoms with E-state index in [2.05, 4.69) is 20.2 Å². The Balaban J connectivity index is 1.26. The molecule has 0 radical (unpaired) electrons. The molecule has 7 nitrogen and oxygen atoms in total. The fraction of sp³-hybridized carbons (Fsp3) is 0.269. The van der Waals surface area contributed by atoms with Gasteiger partial charge >= 0.3 is 0 Å². The predicted molar refractivity (Wildman–Crippen MR) is 126 cm³/mol. The lowest BCUT2D eigenvalue weighted by Crippen LogP contribution is -2.45. The number of nitrogens with one attached hydrogen (secondary N) is 1. The molecule has 1 aliphatic rings. The van der Waals surface area contributed by atoms with E-state index in [1.165, 1.54) is 0 Å². The first-order valence-corrected chi connectivity index (χ1v) is 11.2. The quantitative estimate of drug-likeness (QED) is 0.473. The maximum Gasteiger partial charge on any atom is 0.255 e. The molecule has 2 aromatic carbocycles. The second kappa shape index (κ2) is 9.32. The predicted octanol–water partition coefficient (Wildman–Crippen LogP) is 4.51. The largest absolute Gasteiger partial charge is 0.489 e. The molecular weight excluding hydrogens is 416 g/mol. The Morgan fingerprint density at radius 1 is 1.09 bits per heavy atom. The van der Waals surface area contributed by atoms with Gasteiger partial charge in [0.05, 0.1) is 5.56 Å². The average Bonchev–Trinajstić information content (AvgIpc) is 3.19. The van der Waals surface area contributed by atoms with Crippen LogP contribution in [0.5, 0.6) is 5.75 Å². The summed E-state index contributed by atoms with van der Waals surface area (Å²) in [7, 11) is 0. The number of aryl methyl sites for hydroxylation is 1. The molecule has 1 aliphatic heterocycles. The number of hydrogen-bond donors (Lipinski definition) is 1. The van der Waals surface area contributed by atoms with Crippen LogP contribution in [0.15, 0.2) is 71.4 Å². The second-order valence-corrected chi connectivity index (χ2v) is 8.25. The molecule has 1 N–H and O–H groups in total. The van der Waals surface area contributed by atoms with Crippen LogP contribution < -0.4 is 15.0 Å². The van der Waals surface area contributed by atoms with E-state index >= 15 is 0 Å². The van der Waals surface area contributed by atoms with Gasteiger partial charge in [0.15, 0.2) is 0 Å². The van der Waals surface area contributed by atoms with Crippen molar-refractivity contribution in [3.63, 3.8) is 0 Å². The number of piperidine rings is 1. The van der Waals surface area contributed by atoms with Crippen LogP contribution in [0.25, 0.3) is 11.0 Å². The van der Waals surface area contributed by atoms with E-state index in [4.69, 9.17) is 9.15 Å². The highest BCUT2D eigenvalue weighted by Crippen LogP contribution is 2.30. The fourth-order valence-corrected chi connectivity index (χ4v) is 4.25. The van der Waals surface area contributed by atoms with E-state index < -0.39 is 0 Å². The van der Waals surface area contributed by atoms with Crippen molar-refractivity contribution >= 4 is 22.8 Å². The number of hydrogen-bond acceptors (Lipinski definition) is 6. The lowest BCUT2D eigenvalue weighted by atomic mass is 10.0. The molecule has 1 fully saturated rings. The molecule has 0 spiro atoms. The highest BCUT2D eigenvalue weighted by atomic mass is 16.5. The molecule has 168 valence electrons. The normalized spacial score (nSPS) is 14.4. The Hall–Kier alpha value is -3.87. The lowest BCUT2D eigenvalue weighted by molar-refractivity contribution is 0.0931. The van der Waals surface area contributed by atoms with Gasteiger partial charge < -0.3 is 19.4 Å². The number of rotatable bonds is 6. The van der Waals surface area contributed by atoms with Crippen LogP contribution in [0.4, 0.5) is 5.95 Å². The summed E-state index contributed by atoms with van der Waals surface area (Å²) in [6.45, 7) is 3.90. The van der Waals surface area contributed by atoms with Gasteiger partial charge in [-0.2, -0.15) is 0 Å². The zero-order valence-electron chi connectivity index (χ0n) is 18.5. The third kappa shape index (κ3) is 4.67. The molecule has 7 heteroatoms. The van der Waals surface area contributed by atoms with Crippen LogP contribution in [0.2, 0.25) is 0 Å². The number of benzene rings is 2. The summed E-state index contributed by atoms with van der Waals surface area (Å²) in [6, 6.07) is 17.5. The number of aromatic nitrogens is 2. The molecule has 1 amide bonds. The van der Waals surface area contributed by atoms with Crippen LogP contribution in [0, 0.1) is 6.92 Å². The monoisotopic (exact) mass is 442 g/mol. The van der Waals surface area contributed by atoms with Gasteiger partial charge in [0.1, 0.15) is 23.7 Å².